The van der Waals surface area contributed by atoms with Gasteiger partial charge in [-0.1, -0.05) is 32.0 Å². The summed E-state index contributed by atoms with van der Waals surface area (Å²) in [5.74, 6) is -1.30. The van der Waals surface area contributed by atoms with Gasteiger partial charge in [0, 0.05) is 11.8 Å². The number of likely N-dealkylation sites (N-methyl/N-ethyl adjacent to an activating group) is 1. The molecular weight excluding hydrogens is 322 g/mol. The second kappa shape index (κ2) is 9.94. The van der Waals surface area contributed by atoms with Gasteiger partial charge < -0.3 is 26.2 Å². The largest absolute Gasteiger partial charge is 0.508 e. The third-order valence-corrected chi connectivity index (χ3v) is 3.09. The lowest BCUT2D eigenvalue weighted by Gasteiger charge is -2.16. The van der Waals surface area contributed by atoms with Crippen LogP contribution in [0.5, 0.6) is 11.5 Å². The Morgan fingerprint density at radius 3 is 2.16 bits per heavy atom. The maximum atomic E-state index is 12.2. The molecule has 0 aliphatic carbocycles. The zero-order valence-electron chi connectivity index (χ0n) is 14.4. The van der Waals surface area contributed by atoms with Crippen LogP contribution in [0.15, 0.2) is 48.5 Å². The Hall–Kier alpha value is -3.06. The zero-order valence-corrected chi connectivity index (χ0v) is 14.4. The minimum absolute atomic E-state index is 0.00228. The molecule has 0 aromatic heterocycles. The van der Waals surface area contributed by atoms with E-state index in [2.05, 4.69) is 16.0 Å². The number of para-hydroxylation sites is 2. The lowest BCUT2D eigenvalue weighted by Crippen LogP contribution is -2.47. The Balaban J connectivity index is 0.00000151. The molecule has 0 spiro atoms. The molecular formula is C18H23N3O4. The molecule has 2 aromatic carbocycles. The Labute approximate surface area is 146 Å². The molecule has 134 valence electrons. The molecule has 0 aliphatic heterocycles. The van der Waals surface area contributed by atoms with Gasteiger partial charge in [-0.05, 0) is 31.3 Å². The van der Waals surface area contributed by atoms with Gasteiger partial charge in [-0.3, -0.25) is 9.59 Å². The molecule has 5 N–H and O–H groups in total. The number of hydrogen-bond donors (Lipinski definition) is 5. The van der Waals surface area contributed by atoms with Crippen molar-refractivity contribution in [1.82, 2.24) is 5.32 Å². The summed E-state index contributed by atoms with van der Waals surface area (Å²) in [6, 6.07) is 11.0. The molecule has 0 fully saturated rings. The molecule has 0 bridgehead atoms. The quantitative estimate of drug-likeness (QED) is 0.422. The van der Waals surface area contributed by atoms with E-state index >= 15 is 0 Å². The fourth-order valence-corrected chi connectivity index (χ4v) is 1.96. The maximum absolute atomic E-state index is 12.2. The third kappa shape index (κ3) is 5.82. The highest BCUT2D eigenvalue weighted by atomic mass is 16.3. The second-order valence-corrected chi connectivity index (χ2v) is 4.77. The summed E-state index contributed by atoms with van der Waals surface area (Å²) in [6.45, 7) is 4.00. The molecule has 0 saturated heterocycles. The van der Waals surface area contributed by atoms with Crippen LogP contribution in [0.4, 0.5) is 11.4 Å². The molecule has 0 heterocycles. The fraction of sp³-hybridized carbons (Fsp3) is 0.222. The first-order valence-electron chi connectivity index (χ1n) is 7.87. The minimum atomic E-state index is -1.17. The summed E-state index contributed by atoms with van der Waals surface area (Å²) >= 11 is 0. The van der Waals surface area contributed by atoms with Gasteiger partial charge >= 0.3 is 0 Å². The van der Waals surface area contributed by atoms with E-state index in [0.717, 1.165) is 0 Å². The minimum Gasteiger partial charge on any atom is -0.508 e. The van der Waals surface area contributed by atoms with Crippen LogP contribution in [-0.4, -0.2) is 35.1 Å². The van der Waals surface area contributed by atoms with E-state index in [1.54, 1.807) is 24.3 Å². The van der Waals surface area contributed by atoms with Gasteiger partial charge in [0.05, 0.1) is 5.69 Å². The highest BCUT2D eigenvalue weighted by Gasteiger charge is 2.25. The highest BCUT2D eigenvalue weighted by Crippen LogP contribution is 2.21. The van der Waals surface area contributed by atoms with Crippen LogP contribution in [0.3, 0.4) is 0 Å². The molecule has 7 heteroatoms. The van der Waals surface area contributed by atoms with E-state index in [9.17, 15) is 19.8 Å². The van der Waals surface area contributed by atoms with Gasteiger partial charge in [0.15, 0.2) is 6.04 Å². The summed E-state index contributed by atoms with van der Waals surface area (Å²) in [5, 5.41) is 26.7. The highest BCUT2D eigenvalue weighted by molar-refractivity contribution is 6.14. The van der Waals surface area contributed by atoms with E-state index in [0.29, 0.717) is 5.69 Å². The van der Waals surface area contributed by atoms with Crippen LogP contribution < -0.4 is 16.0 Å². The monoisotopic (exact) mass is 345 g/mol. The summed E-state index contributed by atoms with van der Waals surface area (Å²) in [7, 11) is 1.47. The van der Waals surface area contributed by atoms with Crippen LogP contribution in [0.1, 0.15) is 13.8 Å². The SMILES string of the molecule is CC.CNC(C(=O)Nc1cccc(O)c1)C(=O)Nc1ccccc1O. The van der Waals surface area contributed by atoms with E-state index < -0.39 is 17.9 Å². The predicted molar refractivity (Wildman–Crippen MR) is 97.7 cm³/mol. The van der Waals surface area contributed by atoms with Crippen LogP contribution in [0, 0.1) is 0 Å². The Morgan fingerprint density at radius 2 is 1.56 bits per heavy atom. The molecule has 0 aliphatic rings. The number of benzene rings is 2. The number of carbonyl (C=O) groups is 2. The molecule has 25 heavy (non-hydrogen) atoms. The van der Waals surface area contributed by atoms with E-state index in [-0.39, 0.29) is 17.2 Å². The Kier molecular flexibility index (Phi) is 7.95. The van der Waals surface area contributed by atoms with E-state index in [4.69, 9.17) is 0 Å². The van der Waals surface area contributed by atoms with E-state index in [1.165, 1.54) is 31.3 Å². The van der Waals surface area contributed by atoms with Crippen molar-refractivity contribution in [2.45, 2.75) is 19.9 Å². The number of amides is 2. The zero-order chi connectivity index (χ0) is 18.8. The Morgan fingerprint density at radius 1 is 0.920 bits per heavy atom. The number of carbonyl (C=O) groups excluding carboxylic acids is 2. The number of phenolic OH excluding ortho intramolecular Hbond substituents is 2. The molecule has 2 rings (SSSR count). The van der Waals surface area contributed by atoms with Crippen molar-refractivity contribution in [3.05, 3.63) is 48.5 Å². The molecule has 0 radical (unpaired) electrons. The van der Waals surface area contributed by atoms with Crippen molar-refractivity contribution in [1.29, 1.82) is 0 Å². The summed E-state index contributed by atoms with van der Waals surface area (Å²) in [5.41, 5.74) is 0.577. The number of aromatic hydroxyl groups is 2. The van der Waals surface area contributed by atoms with Gasteiger partial charge in [0.1, 0.15) is 11.5 Å². The third-order valence-electron chi connectivity index (χ3n) is 3.09. The van der Waals surface area contributed by atoms with Gasteiger partial charge in [-0.15, -0.1) is 0 Å². The van der Waals surface area contributed by atoms with Crippen LogP contribution in [0.2, 0.25) is 0 Å². The van der Waals surface area contributed by atoms with Gasteiger partial charge in [-0.2, -0.15) is 0 Å². The maximum Gasteiger partial charge on any atom is 0.251 e. The number of anilines is 2. The summed E-state index contributed by atoms with van der Waals surface area (Å²) in [6.07, 6.45) is 0. The van der Waals surface area contributed by atoms with Crippen molar-refractivity contribution < 1.29 is 19.8 Å². The number of phenols is 2. The molecule has 1 unspecified atom stereocenters. The number of hydrogen-bond acceptors (Lipinski definition) is 5. The standard InChI is InChI=1S/C16H17N3O4.C2H6/c1-17-14(15(22)18-10-5-4-6-11(20)9-10)16(23)19-12-7-2-3-8-13(12)21;1-2/h2-9,14,17,20-21H,1H3,(H,18,22)(H,19,23);1-2H3. The molecule has 7 nitrogen and oxygen atoms in total. The normalized spacial score (nSPS) is 10.8. The second-order valence-electron chi connectivity index (χ2n) is 4.77. The van der Waals surface area contributed by atoms with Crippen molar-refractivity contribution in [2.24, 2.45) is 0 Å². The van der Waals surface area contributed by atoms with Gasteiger partial charge in [0.2, 0.25) is 0 Å². The number of rotatable bonds is 5. The van der Waals surface area contributed by atoms with Gasteiger partial charge in [-0.25, -0.2) is 0 Å². The average molecular weight is 345 g/mol. The van der Waals surface area contributed by atoms with E-state index in [1.807, 2.05) is 13.8 Å². The van der Waals surface area contributed by atoms with Crippen molar-refractivity contribution in [3.8, 4) is 11.5 Å². The first-order valence-corrected chi connectivity index (χ1v) is 7.87. The molecule has 1 atom stereocenters. The van der Waals surface area contributed by atoms with Crippen LogP contribution in [-0.2, 0) is 9.59 Å². The van der Waals surface area contributed by atoms with Crippen molar-refractivity contribution in [3.63, 3.8) is 0 Å². The molecule has 2 amide bonds. The fourth-order valence-electron chi connectivity index (χ4n) is 1.96. The first kappa shape index (κ1) is 20.0. The predicted octanol–water partition coefficient (Wildman–Crippen LogP) is 2.29. The molecule has 0 saturated carbocycles. The topological polar surface area (TPSA) is 111 Å². The average Bonchev–Trinajstić information content (AvgIpc) is 2.59. The summed E-state index contributed by atoms with van der Waals surface area (Å²) in [4.78, 5) is 24.4. The smallest absolute Gasteiger partial charge is 0.251 e. The van der Waals surface area contributed by atoms with Crippen molar-refractivity contribution >= 4 is 23.2 Å². The van der Waals surface area contributed by atoms with Crippen molar-refractivity contribution in [2.75, 3.05) is 17.7 Å². The van der Waals surface area contributed by atoms with Crippen LogP contribution >= 0.6 is 0 Å². The first-order chi connectivity index (χ1) is 12.0. The molecule has 2 aromatic rings. The lowest BCUT2D eigenvalue weighted by atomic mass is 10.2. The van der Waals surface area contributed by atoms with Crippen LogP contribution in [0.25, 0.3) is 0 Å². The Bertz CT molecular complexity index is 719. The number of nitrogens with one attached hydrogen (secondary N) is 3. The van der Waals surface area contributed by atoms with Gasteiger partial charge in [0.25, 0.3) is 11.8 Å². The summed E-state index contributed by atoms with van der Waals surface area (Å²) < 4.78 is 0. The lowest BCUT2D eigenvalue weighted by molar-refractivity contribution is -0.126.